The molecular formula is C22H45N3O6Si2. The molecule has 2 heterocycles. The lowest BCUT2D eigenvalue weighted by molar-refractivity contribution is 0.0704. The lowest BCUT2D eigenvalue weighted by Gasteiger charge is -2.29. The van der Waals surface area contributed by atoms with Crippen LogP contribution in [-0.2, 0) is 33.1 Å². The Morgan fingerprint density at radius 2 is 1.27 bits per heavy atom. The van der Waals surface area contributed by atoms with Crippen molar-refractivity contribution in [1.82, 2.24) is 9.47 Å². The molecule has 1 aliphatic heterocycles. The van der Waals surface area contributed by atoms with Crippen LogP contribution in [0.15, 0.2) is 29.5 Å². The quantitative estimate of drug-likeness (QED) is 0.301. The molecule has 0 fully saturated rings. The zero-order valence-electron chi connectivity index (χ0n) is 21.5. The van der Waals surface area contributed by atoms with Gasteiger partial charge in [0.2, 0.25) is 0 Å². The maximum atomic E-state index is 5.82. The van der Waals surface area contributed by atoms with Crippen molar-refractivity contribution in [3.05, 3.63) is 24.5 Å². The van der Waals surface area contributed by atoms with E-state index < -0.39 is 17.6 Å². The van der Waals surface area contributed by atoms with Crippen molar-refractivity contribution in [3.63, 3.8) is 0 Å². The third-order valence-corrected chi connectivity index (χ3v) is 11.3. The maximum absolute atomic E-state index is 5.82. The van der Waals surface area contributed by atoms with Crippen molar-refractivity contribution in [2.45, 2.75) is 52.2 Å². The molecule has 0 aliphatic carbocycles. The van der Waals surface area contributed by atoms with Crippen molar-refractivity contribution in [3.8, 4) is 0 Å². The fourth-order valence-corrected chi connectivity index (χ4v) is 7.94. The van der Waals surface area contributed by atoms with Crippen molar-refractivity contribution in [2.24, 2.45) is 4.99 Å². The van der Waals surface area contributed by atoms with E-state index in [1.54, 1.807) is 21.3 Å². The molecule has 0 atom stereocenters. The third kappa shape index (κ3) is 11.3. The summed E-state index contributed by atoms with van der Waals surface area (Å²) in [6.45, 7) is 11.9. The van der Waals surface area contributed by atoms with Gasteiger partial charge in [0, 0.05) is 85.3 Å². The van der Waals surface area contributed by atoms with Gasteiger partial charge in [-0.3, -0.25) is 4.99 Å². The molecular weight excluding hydrogens is 458 g/mol. The summed E-state index contributed by atoms with van der Waals surface area (Å²) in [7, 11) is 0.140. The second-order valence-corrected chi connectivity index (χ2v) is 13.3. The van der Waals surface area contributed by atoms with Crippen LogP contribution in [0.2, 0.25) is 12.1 Å². The smallest absolute Gasteiger partial charge is 0.377 e. The minimum atomic E-state index is -2.44. The highest BCUT2D eigenvalue weighted by atomic mass is 28.4. The van der Waals surface area contributed by atoms with Crippen LogP contribution in [0.3, 0.4) is 0 Å². The van der Waals surface area contributed by atoms with Gasteiger partial charge in [-0.2, -0.15) is 0 Å². The molecule has 0 unspecified atom stereocenters. The molecule has 9 nitrogen and oxygen atoms in total. The SMILES string of the molecule is CCO[Si](CCCN1C=NCC1)(OCC)OCC.CO[Si](CCCn1cccc1)(OC)OC. The predicted octanol–water partition coefficient (Wildman–Crippen LogP) is 3.53. The number of rotatable bonds is 17. The van der Waals surface area contributed by atoms with Crippen LogP contribution >= 0.6 is 0 Å². The molecule has 2 rings (SSSR count). The summed E-state index contributed by atoms with van der Waals surface area (Å²) in [4.78, 5) is 6.45. The fraction of sp³-hybridized carbons (Fsp3) is 0.773. The highest BCUT2D eigenvalue weighted by molar-refractivity contribution is 6.61. The molecule has 0 amide bonds. The zero-order valence-corrected chi connectivity index (χ0v) is 23.5. The zero-order chi connectivity index (χ0) is 24.4. The first-order valence-electron chi connectivity index (χ1n) is 11.9. The third-order valence-electron chi connectivity index (χ3n) is 5.28. The van der Waals surface area contributed by atoms with Crippen molar-refractivity contribution in [1.29, 1.82) is 0 Å². The van der Waals surface area contributed by atoms with Crippen LogP contribution in [0.4, 0.5) is 0 Å². The number of nitrogens with zero attached hydrogens (tertiary/aromatic N) is 3. The minimum Gasteiger partial charge on any atom is -0.377 e. The van der Waals surface area contributed by atoms with Crippen LogP contribution < -0.4 is 0 Å². The molecule has 33 heavy (non-hydrogen) atoms. The summed E-state index contributed by atoms with van der Waals surface area (Å²) >= 11 is 0. The van der Waals surface area contributed by atoms with E-state index >= 15 is 0 Å². The molecule has 11 heteroatoms. The van der Waals surface area contributed by atoms with Gasteiger partial charge in [0.15, 0.2) is 0 Å². The first-order valence-corrected chi connectivity index (χ1v) is 15.8. The van der Waals surface area contributed by atoms with Gasteiger partial charge < -0.3 is 36.0 Å². The van der Waals surface area contributed by atoms with Gasteiger partial charge in [-0.25, -0.2) is 0 Å². The van der Waals surface area contributed by atoms with Gasteiger partial charge in [0.1, 0.15) is 0 Å². The van der Waals surface area contributed by atoms with Crippen LogP contribution in [0.5, 0.6) is 0 Å². The summed E-state index contributed by atoms with van der Waals surface area (Å²) in [5.74, 6) is 0. The summed E-state index contributed by atoms with van der Waals surface area (Å²) in [6.07, 6.45) is 8.06. The van der Waals surface area contributed by atoms with E-state index in [2.05, 4.69) is 26.9 Å². The molecule has 1 aliphatic rings. The number of aliphatic imine (C=N–C) groups is 1. The standard InChI is InChI=1S/C12H26N2O3Si.C10H19NO3Si/c1-4-15-18(16-5-2,17-6-3)11-7-9-14-10-8-13-12-14;1-12-15(13-2,14-3)10-6-9-11-7-4-5-8-11/h12H,4-11H2,1-3H3;4-5,7-8H,6,9-10H2,1-3H3. The molecule has 1 aromatic rings. The minimum absolute atomic E-state index is 0.650. The molecule has 192 valence electrons. The summed E-state index contributed by atoms with van der Waals surface area (Å²) in [5.41, 5.74) is 0. The molecule has 0 saturated heterocycles. The normalized spacial score (nSPS) is 13.9. The Balaban J connectivity index is 0.000000335. The highest BCUT2D eigenvalue weighted by Gasteiger charge is 2.39. The van der Waals surface area contributed by atoms with Crippen LogP contribution in [0, 0.1) is 0 Å². The summed E-state index contributed by atoms with van der Waals surface area (Å²) < 4.78 is 35.6. The molecule has 1 aromatic heterocycles. The van der Waals surface area contributed by atoms with E-state index in [-0.39, 0.29) is 0 Å². The van der Waals surface area contributed by atoms with E-state index in [0.717, 1.165) is 51.1 Å². The predicted molar refractivity (Wildman–Crippen MR) is 136 cm³/mol. The van der Waals surface area contributed by atoms with E-state index in [1.807, 2.05) is 39.2 Å². The molecule has 0 spiro atoms. The molecule has 0 bridgehead atoms. The second-order valence-electron chi connectivity index (χ2n) is 7.46. The molecule has 0 aromatic carbocycles. The monoisotopic (exact) mass is 503 g/mol. The lowest BCUT2D eigenvalue weighted by atomic mass is 10.4. The van der Waals surface area contributed by atoms with E-state index in [1.165, 1.54) is 0 Å². The van der Waals surface area contributed by atoms with Crippen LogP contribution in [-0.4, -0.2) is 94.2 Å². The van der Waals surface area contributed by atoms with Crippen LogP contribution in [0.25, 0.3) is 0 Å². The Morgan fingerprint density at radius 3 is 1.73 bits per heavy atom. The lowest BCUT2D eigenvalue weighted by Crippen LogP contribution is -2.46. The Kier molecular flexibility index (Phi) is 15.8. The highest BCUT2D eigenvalue weighted by Crippen LogP contribution is 2.18. The number of aryl methyl sites for hydroxylation is 1. The number of hydrogen-bond donors (Lipinski definition) is 0. The van der Waals surface area contributed by atoms with Gasteiger partial charge >= 0.3 is 17.6 Å². The summed E-state index contributed by atoms with van der Waals surface area (Å²) in [5, 5.41) is 0. The largest absolute Gasteiger partial charge is 0.500 e. The number of aromatic nitrogens is 1. The average Bonchev–Trinajstić information content (AvgIpc) is 3.53. The fourth-order valence-electron chi connectivity index (χ4n) is 3.64. The van der Waals surface area contributed by atoms with Gasteiger partial charge in [0.05, 0.1) is 12.9 Å². The van der Waals surface area contributed by atoms with Crippen molar-refractivity contribution in [2.75, 3.05) is 60.8 Å². The molecule has 0 saturated carbocycles. The average molecular weight is 504 g/mol. The Bertz CT molecular complexity index is 592. The van der Waals surface area contributed by atoms with E-state index in [9.17, 15) is 0 Å². The first kappa shape index (κ1) is 30.0. The van der Waals surface area contributed by atoms with Gasteiger partial charge in [-0.05, 0) is 45.7 Å². The molecule has 0 radical (unpaired) electrons. The maximum Gasteiger partial charge on any atom is 0.500 e. The van der Waals surface area contributed by atoms with Gasteiger partial charge in [-0.15, -0.1) is 0 Å². The Morgan fingerprint density at radius 1 is 0.758 bits per heavy atom. The number of hydrogen-bond acceptors (Lipinski definition) is 8. The summed E-state index contributed by atoms with van der Waals surface area (Å²) in [6, 6.07) is 5.77. The Hall–Kier alpha value is -1.06. The van der Waals surface area contributed by atoms with Crippen molar-refractivity contribution >= 4 is 23.9 Å². The van der Waals surface area contributed by atoms with E-state index in [0.29, 0.717) is 19.8 Å². The van der Waals surface area contributed by atoms with Crippen LogP contribution in [0.1, 0.15) is 33.6 Å². The molecule has 0 N–H and O–H groups in total. The van der Waals surface area contributed by atoms with Gasteiger partial charge in [0.25, 0.3) is 0 Å². The second kappa shape index (κ2) is 17.4. The van der Waals surface area contributed by atoms with Crippen molar-refractivity contribution < 1.29 is 26.6 Å². The van der Waals surface area contributed by atoms with Gasteiger partial charge in [-0.1, -0.05) is 0 Å². The first-order chi connectivity index (χ1) is 16.0. The topological polar surface area (TPSA) is 75.9 Å². The Labute approximate surface area is 202 Å². The van der Waals surface area contributed by atoms with E-state index in [4.69, 9.17) is 26.6 Å².